The third-order valence-corrected chi connectivity index (χ3v) is 3.74. The lowest BCUT2D eigenvalue weighted by Crippen LogP contribution is -2.17. The smallest absolute Gasteiger partial charge is 0.130 e. The van der Waals surface area contributed by atoms with Crippen LogP contribution in [0, 0.1) is 5.41 Å². The van der Waals surface area contributed by atoms with Crippen molar-refractivity contribution in [1.29, 1.82) is 0 Å². The van der Waals surface area contributed by atoms with Gasteiger partial charge >= 0.3 is 0 Å². The first-order valence-corrected chi connectivity index (χ1v) is 6.71. The molecule has 88 valence electrons. The molecule has 0 aromatic carbocycles. The third kappa shape index (κ3) is 2.86. The van der Waals surface area contributed by atoms with Gasteiger partial charge in [-0.15, -0.1) is 11.8 Å². The molecule has 0 aliphatic heterocycles. The van der Waals surface area contributed by atoms with E-state index in [0.29, 0.717) is 5.41 Å². The zero-order chi connectivity index (χ0) is 11.4. The van der Waals surface area contributed by atoms with Gasteiger partial charge in [-0.2, -0.15) is 0 Å². The van der Waals surface area contributed by atoms with Crippen molar-refractivity contribution in [2.45, 2.75) is 24.3 Å². The summed E-state index contributed by atoms with van der Waals surface area (Å²) in [6, 6.07) is 1.96. The summed E-state index contributed by atoms with van der Waals surface area (Å²) in [5.41, 5.74) is 0.319. The summed E-state index contributed by atoms with van der Waals surface area (Å²) in [6.07, 6.45) is 6.89. The first-order chi connectivity index (χ1) is 7.78. The standard InChI is InChI=1S/C11H17N3OS/c1-16-10-6-9(13-8-14-10)12-7-11(2-3-11)4-5-15/h6,8,15H,2-5,7H2,1H3,(H,12,13,14). The molecule has 1 aliphatic carbocycles. The molecule has 2 N–H and O–H groups in total. The molecule has 0 radical (unpaired) electrons. The molecule has 4 nitrogen and oxygen atoms in total. The van der Waals surface area contributed by atoms with Crippen LogP contribution in [-0.2, 0) is 0 Å². The molecule has 5 heteroatoms. The van der Waals surface area contributed by atoms with Crippen LogP contribution in [0.5, 0.6) is 0 Å². The largest absolute Gasteiger partial charge is 0.396 e. The average Bonchev–Trinajstić information content (AvgIpc) is 3.08. The van der Waals surface area contributed by atoms with Crippen LogP contribution in [0.4, 0.5) is 5.82 Å². The number of hydrogen-bond acceptors (Lipinski definition) is 5. The Hall–Kier alpha value is -0.810. The van der Waals surface area contributed by atoms with Gasteiger partial charge in [-0.1, -0.05) is 0 Å². The lowest BCUT2D eigenvalue weighted by molar-refractivity contribution is 0.253. The lowest BCUT2D eigenvalue weighted by Gasteiger charge is -2.14. The molecule has 1 saturated carbocycles. The Morgan fingerprint density at radius 2 is 2.31 bits per heavy atom. The zero-order valence-electron chi connectivity index (χ0n) is 9.44. The van der Waals surface area contributed by atoms with Gasteiger partial charge in [0.25, 0.3) is 0 Å². The van der Waals surface area contributed by atoms with Crippen molar-refractivity contribution >= 4 is 17.6 Å². The van der Waals surface area contributed by atoms with E-state index in [0.717, 1.165) is 23.8 Å². The summed E-state index contributed by atoms with van der Waals surface area (Å²) in [4.78, 5) is 8.31. The Kier molecular flexibility index (Phi) is 3.66. The second kappa shape index (κ2) is 5.01. The van der Waals surface area contributed by atoms with Crippen molar-refractivity contribution in [3.8, 4) is 0 Å². The number of thioether (sulfide) groups is 1. The van der Waals surface area contributed by atoms with Crippen LogP contribution in [0.25, 0.3) is 0 Å². The minimum absolute atomic E-state index is 0.279. The van der Waals surface area contributed by atoms with Crippen LogP contribution >= 0.6 is 11.8 Å². The summed E-state index contributed by atoms with van der Waals surface area (Å²) in [5, 5.41) is 13.3. The number of aromatic nitrogens is 2. The van der Waals surface area contributed by atoms with Crippen molar-refractivity contribution in [2.24, 2.45) is 5.41 Å². The first-order valence-electron chi connectivity index (χ1n) is 5.49. The molecule has 0 unspecified atom stereocenters. The molecule has 2 rings (SSSR count). The van der Waals surface area contributed by atoms with E-state index in [9.17, 15) is 0 Å². The van der Waals surface area contributed by atoms with Gasteiger partial charge in [0.05, 0.1) is 0 Å². The van der Waals surface area contributed by atoms with Gasteiger partial charge < -0.3 is 10.4 Å². The highest BCUT2D eigenvalue weighted by Crippen LogP contribution is 2.48. The Morgan fingerprint density at radius 1 is 1.50 bits per heavy atom. The summed E-state index contributed by atoms with van der Waals surface area (Å²) in [7, 11) is 0. The second-order valence-electron chi connectivity index (χ2n) is 4.27. The van der Waals surface area contributed by atoms with Crippen molar-refractivity contribution in [1.82, 2.24) is 9.97 Å². The second-order valence-corrected chi connectivity index (χ2v) is 5.10. The zero-order valence-corrected chi connectivity index (χ0v) is 10.3. The molecule has 16 heavy (non-hydrogen) atoms. The van der Waals surface area contributed by atoms with Crippen molar-refractivity contribution < 1.29 is 5.11 Å². The molecule has 1 aromatic heterocycles. The molecular formula is C11H17N3OS. The van der Waals surface area contributed by atoms with E-state index in [1.807, 2.05) is 12.3 Å². The van der Waals surface area contributed by atoms with Crippen molar-refractivity contribution in [3.63, 3.8) is 0 Å². The minimum Gasteiger partial charge on any atom is -0.396 e. The summed E-state index contributed by atoms with van der Waals surface area (Å²) < 4.78 is 0. The Labute approximate surface area is 99.9 Å². The van der Waals surface area contributed by atoms with Gasteiger partial charge in [0.15, 0.2) is 0 Å². The number of nitrogens with one attached hydrogen (secondary N) is 1. The highest BCUT2D eigenvalue weighted by molar-refractivity contribution is 7.98. The molecule has 0 amide bonds. The number of nitrogens with zero attached hydrogens (tertiary/aromatic N) is 2. The normalized spacial score (nSPS) is 17.1. The van der Waals surface area contributed by atoms with Gasteiger partial charge in [0.2, 0.25) is 0 Å². The Balaban J connectivity index is 1.89. The number of aliphatic hydroxyl groups excluding tert-OH is 1. The van der Waals surface area contributed by atoms with E-state index in [1.165, 1.54) is 12.8 Å². The Morgan fingerprint density at radius 3 is 2.94 bits per heavy atom. The molecule has 1 heterocycles. The van der Waals surface area contributed by atoms with Crippen LogP contribution in [0.15, 0.2) is 17.4 Å². The quantitative estimate of drug-likeness (QED) is 0.585. The first kappa shape index (κ1) is 11.7. The molecule has 0 bridgehead atoms. The maximum absolute atomic E-state index is 8.96. The summed E-state index contributed by atoms with van der Waals surface area (Å²) in [6.45, 7) is 1.18. The highest BCUT2D eigenvalue weighted by atomic mass is 32.2. The van der Waals surface area contributed by atoms with Crippen LogP contribution in [0.2, 0.25) is 0 Å². The monoisotopic (exact) mass is 239 g/mol. The van der Waals surface area contributed by atoms with E-state index < -0.39 is 0 Å². The fourth-order valence-electron chi connectivity index (χ4n) is 1.75. The maximum atomic E-state index is 8.96. The average molecular weight is 239 g/mol. The topological polar surface area (TPSA) is 58.0 Å². The predicted molar refractivity (Wildman–Crippen MR) is 65.7 cm³/mol. The molecule has 1 aromatic rings. The molecule has 0 saturated heterocycles. The number of anilines is 1. The van der Waals surface area contributed by atoms with Crippen molar-refractivity contribution in [2.75, 3.05) is 24.7 Å². The van der Waals surface area contributed by atoms with Crippen LogP contribution in [-0.4, -0.2) is 34.5 Å². The van der Waals surface area contributed by atoms with E-state index in [1.54, 1.807) is 18.1 Å². The van der Waals surface area contributed by atoms with Crippen LogP contribution in [0.3, 0.4) is 0 Å². The van der Waals surface area contributed by atoms with Gasteiger partial charge in [-0.05, 0) is 30.9 Å². The van der Waals surface area contributed by atoms with Crippen molar-refractivity contribution in [3.05, 3.63) is 12.4 Å². The van der Waals surface area contributed by atoms with Gasteiger partial charge in [-0.3, -0.25) is 0 Å². The number of aliphatic hydroxyl groups is 1. The minimum atomic E-state index is 0.279. The summed E-state index contributed by atoms with van der Waals surface area (Å²) >= 11 is 1.61. The fraction of sp³-hybridized carbons (Fsp3) is 0.636. The lowest BCUT2D eigenvalue weighted by atomic mass is 10.0. The number of rotatable bonds is 6. The Bertz CT molecular complexity index is 355. The maximum Gasteiger partial charge on any atom is 0.130 e. The van der Waals surface area contributed by atoms with Gasteiger partial charge in [0.1, 0.15) is 17.2 Å². The van der Waals surface area contributed by atoms with E-state index in [4.69, 9.17) is 5.11 Å². The van der Waals surface area contributed by atoms with E-state index in [-0.39, 0.29) is 6.61 Å². The van der Waals surface area contributed by atoms with Gasteiger partial charge in [-0.25, -0.2) is 9.97 Å². The molecule has 1 fully saturated rings. The molecular weight excluding hydrogens is 222 g/mol. The van der Waals surface area contributed by atoms with E-state index >= 15 is 0 Å². The summed E-state index contributed by atoms with van der Waals surface area (Å²) in [5.74, 6) is 0.878. The van der Waals surface area contributed by atoms with Gasteiger partial charge in [0, 0.05) is 19.2 Å². The van der Waals surface area contributed by atoms with E-state index in [2.05, 4.69) is 15.3 Å². The van der Waals surface area contributed by atoms with Crippen LogP contribution in [0.1, 0.15) is 19.3 Å². The molecule has 0 spiro atoms. The number of hydrogen-bond donors (Lipinski definition) is 2. The van der Waals surface area contributed by atoms with Crippen LogP contribution < -0.4 is 5.32 Å². The molecule has 0 atom stereocenters. The highest BCUT2D eigenvalue weighted by Gasteiger charge is 2.41. The SMILES string of the molecule is CSc1cc(NCC2(CCO)CC2)ncn1. The third-order valence-electron chi connectivity index (χ3n) is 3.09. The fourth-order valence-corrected chi connectivity index (χ4v) is 2.14. The predicted octanol–water partition coefficient (Wildman–Crippen LogP) is 1.77. The molecule has 1 aliphatic rings.